The van der Waals surface area contributed by atoms with Crippen molar-refractivity contribution in [2.45, 2.75) is 38.1 Å². The number of sulfone groups is 1. The molecule has 0 fully saturated rings. The fraction of sp³-hybridized carbons (Fsp3) is 0.450. The summed E-state index contributed by atoms with van der Waals surface area (Å²) >= 11 is 1.63. The second-order valence-corrected chi connectivity index (χ2v) is 9.18. The summed E-state index contributed by atoms with van der Waals surface area (Å²) in [7, 11) is -3.46. The Morgan fingerprint density at radius 2 is 1.85 bits per heavy atom. The van der Waals surface area contributed by atoms with Gasteiger partial charge in [0.2, 0.25) is 0 Å². The minimum Gasteiger partial charge on any atom is -0.350 e. The van der Waals surface area contributed by atoms with E-state index in [2.05, 4.69) is 35.5 Å². The van der Waals surface area contributed by atoms with E-state index in [1.165, 1.54) is 6.07 Å². The Balaban J connectivity index is 2.22. The molecule has 0 aliphatic carbocycles. The summed E-state index contributed by atoms with van der Waals surface area (Å²) in [6.45, 7) is 8.17. The Hall–Kier alpha value is -1.70. The number of benzene rings is 1. The van der Waals surface area contributed by atoms with Gasteiger partial charge in [-0.15, -0.1) is 0 Å². The van der Waals surface area contributed by atoms with Crippen molar-refractivity contribution in [3.63, 3.8) is 0 Å². The van der Waals surface area contributed by atoms with Gasteiger partial charge in [-0.05, 0) is 54.0 Å². The van der Waals surface area contributed by atoms with Crippen molar-refractivity contribution in [1.29, 1.82) is 0 Å². The molecule has 1 amide bonds. The topological polar surface area (TPSA) is 66.5 Å². The number of likely N-dealkylation sites (N-methyl/N-ethyl adjacent to an activating group) is 1. The van der Waals surface area contributed by atoms with Crippen LogP contribution in [0.4, 0.5) is 0 Å². The monoisotopic (exact) mass is 408 g/mol. The van der Waals surface area contributed by atoms with Crippen molar-refractivity contribution >= 4 is 27.1 Å². The third kappa shape index (κ3) is 5.40. The van der Waals surface area contributed by atoms with Gasteiger partial charge in [0, 0.05) is 6.54 Å². The zero-order valence-corrected chi connectivity index (χ0v) is 17.8. The van der Waals surface area contributed by atoms with E-state index < -0.39 is 9.84 Å². The molecule has 1 aromatic heterocycles. The van der Waals surface area contributed by atoms with Crippen LogP contribution in [0.5, 0.6) is 0 Å². The Morgan fingerprint density at radius 1 is 1.15 bits per heavy atom. The largest absolute Gasteiger partial charge is 0.350 e. The molecule has 1 aromatic carbocycles. The lowest BCUT2D eigenvalue weighted by molar-refractivity contribution is 0.0931. The van der Waals surface area contributed by atoms with Gasteiger partial charge in [0.05, 0.1) is 22.3 Å². The first-order valence-corrected chi connectivity index (χ1v) is 11.9. The maximum absolute atomic E-state index is 12.8. The fourth-order valence-corrected chi connectivity index (χ4v) is 5.42. The number of hydrogen-bond donors (Lipinski definition) is 1. The second-order valence-electron chi connectivity index (χ2n) is 6.32. The third-order valence-electron chi connectivity index (χ3n) is 4.58. The summed E-state index contributed by atoms with van der Waals surface area (Å²) in [5, 5.41) is 7.07. The van der Waals surface area contributed by atoms with Crippen molar-refractivity contribution < 1.29 is 13.2 Å². The highest BCUT2D eigenvalue weighted by Crippen LogP contribution is 2.23. The van der Waals surface area contributed by atoms with Crippen molar-refractivity contribution in [3.05, 3.63) is 52.2 Å². The van der Waals surface area contributed by atoms with Crippen LogP contribution in [0.1, 0.15) is 49.2 Å². The molecule has 0 spiro atoms. The predicted octanol–water partition coefficient (Wildman–Crippen LogP) is 3.74. The molecule has 7 heteroatoms. The normalized spacial score (nSPS) is 12.9. The van der Waals surface area contributed by atoms with Gasteiger partial charge < -0.3 is 5.32 Å². The molecule has 1 N–H and O–H groups in total. The van der Waals surface area contributed by atoms with Crippen LogP contribution in [-0.2, 0) is 9.84 Å². The van der Waals surface area contributed by atoms with Crippen LogP contribution in [0.3, 0.4) is 0 Å². The van der Waals surface area contributed by atoms with E-state index in [4.69, 9.17) is 0 Å². The molecule has 0 aliphatic heterocycles. The van der Waals surface area contributed by atoms with E-state index in [0.29, 0.717) is 13.0 Å². The number of rotatable bonds is 10. The number of thiophene rings is 1. The summed E-state index contributed by atoms with van der Waals surface area (Å²) in [5.41, 5.74) is 1.38. The quantitative estimate of drug-likeness (QED) is 0.650. The number of nitrogens with one attached hydrogen (secondary N) is 1. The number of hydrogen-bond acceptors (Lipinski definition) is 5. The summed E-state index contributed by atoms with van der Waals surface area (Å²) in [4.78, 5) is 15.2. The van der Waals surface area contributed by atoms with Crippen molar-refractivity contribution in [3.8, 4) is 0 Å². The zero-order chi connectivity index (χ0) is 19.9. The first kappa shape index (κ1) is 21.6. The van der Waals surface area contributed by atoms with Crippen molar-refractivity contribution in [2.24, 2.45) is 0 Å². The van der Waals surface area contributed by atoms with Crippen LogP contribution >= 0.6 is 11.3 Å². The number of amides is 1. The van der Waals surface area contributed by atoms with Crippen LogP contribution in [0.25, 0.3) is 0 Å². The Labute approximate surface area is 166 Å². The number of nitrogens with zero attached hydrogens (tertiary/aromatic N) is 1. The van der Waals surface area contributed by atoms with E-state index in [9.17, 15) is 13.2 Å². The molecule has 0 aliphatic rings. The SMILES string of the molecule is CCCS(=O)(=O)c1ccccc1C(=O)NCC(c1ccsc1)N(CC)CC. The average Bonchev–Trinajstić information content (AvgIpc) is 3.19. The van der Waals surface area contributed by atoms with Gasteiger partial charge in [-0.2, -0.15) is 11.3 Å². The summed E-state index contributed by atoms with van der Waals surface area (Å²) in [6.07, 6.45) is 0.514. The minimum atomic E-state index is -3.46. The molecular weight excluding hydrogens is 380 g/mol. The maximum Gasteiger partial charge on any atom is 0.252 e. The maximum atomic E-state index is 12.8. The first-order valence-electron chi connectivity index (χ1n) is 9.30. The van der Waals surface area contributed by atoms with Crippen LogP contribution in [-0.4, -0.2) is 44.6 Å². The fourth-order valence-electron chi connectivity index (χ4n) is 3.18. The molecule has 2 rings (SSSR count). The molecular formula is C20H28N2O3S2. The van der Waals surface area contributed by atoms with E-state index in [1.54, 1.807) is 29.5 Å². The van der Waals surface area contributed by atoms with Crippen molar-refractivity contribution in [1.82, 2.24) is 10.2 Å². The van der Waals surface area contributed by atoms with Gasteiger partial charge in [0.15, 0.2) is 9.84 Å². The molecule has 1 unspecified atom stereocenters. The van der Waals surface area contributed by atoms with Crippen LogP contribution < -0.4 is 5.32 Å². The third-order valence-corrected chi connectivity index (χ3v) is 7.25. The summed E-state index contributed by atoms with van der Waals surface area (Å²) in [5.74, 6) is -0.313. The molecule has 0 saturated heterocycles. The Bertz CT molecular complexity index is 829. The summed E-state index contributed by atoms with van der Waals surface area (Å²) < 4.78 is 25.0. The average molecular weight is 409 g/mol. The molecule has 0 bridgehead atoms. The predicted molar refractivity (Wildman–Crippen MR) is 111 cm³/mol. The molecule has 27 heavy (non-hydrogen) atoms. The van der Waals surface area contributed by atoms with E-state index in [0.717, 1.165) is 18.7 Å². The number of carbonyl (C=O) groups excluding carboxylic acids is 1. The first-order chi connectivity index (χ1) is 12.9. The highest BCUT2D eigenvalue weighted by molar-refractivity contribution is 7.91. The molecule has 5 nitrogen and oxygen atoms in total. The lowest BCUT2D eigenvalue weighted by Crippen LogP contribution is -2.38. The lowest BCUT2D eigenvalue weighted by atomic mass is 10.1. The molecule has 1 heterocycles. The van der Waals surface area contributed by atoms with Gasteiger partial charge in [-0.1, -0.05) is 32.9 Å². The summed E-state index contributed by atoms with van der Waals surface area (Å²) in [6, 6.07) is 8.58. The van der Waals surface area contributed by atoms with E-state index in [-0.39, 0.29) is 28.2 Å². The Morgan fingerprint density at radius 3 is 2.44 bits per heavy atom. The van der Waals surface area contributed by atoms with Gasteiger partial charge in [-0.3, -0.25) is 9.69 Å². The van der Waals surface area contributed by atoms with Crippen LogP contribution in [0.2, 0.25) is 0 Å². The Kier molecular flexibility index (Phi) is 8.01. The standard InChI is InChI=1S/C20H28N2O3S2/c1-4-13-27(24,25)19-10-8-7-9-17(19)20(23)21-14-18(22(5-2)6-3)16-11-12-26-15-16/h7-12,15,18H,4-6,13-14H2,1-3H3,(H,21,23). The van der Waals surface area contributed by atoms with Gasteiger partial charge in [0.25, 0.3) is 5.91 Å². The van der Waals surface area contributed by atoms with Gasteiger partial charge in [0.1, 0.15) is 0 Å². The van der Waals surface area contributed by atoms with Crippen molar-refractivity contribution in [2.75, 3.05) is 25.4 Å². The van der Waals surface area contributed by atoms with E-state index in [1.807, 2.05) is 12.3 Å². The van der Waals surface area contributed by atoms with Crippen LogP contribution in [0.15, 0.2) is 46.0 Å². The minimum absolute atomic E-state index is 0.0360. The smallest absolute Gasteiger partial charge is 0.252 e. The number of carbonyl (C=O) groups is 1. The lowest BCUT2D eigenvalue weighted by Gasteiger charge is -2.29. The second kappa shape index (κ2) is 10.0. The highest BCUT2D eigenvalue weighted by atomic mass is 32.2. The van der Waals surface area contributed by atoms with Crippen LogP contribution in [0, 0.1) is 0 Å². The molecule has 0 saturated carbocycles. The molecule has 0 radical (unpaired) electrons. The van der Waals surface area contributed by atoms with Gasteiger partial charge in [-0.25, -0.2) is 8.42 Å². The van der Waals surface area contributed by atoms with E-state index >= 15 is 0 Å². The molecule has 148 valence electrons. The van der Waals surface area contributed by atoms with Gasteiger partial charge >= 0.3 is 0 Å². The molecule has 1 atom stereocenters. The zero-order valence-electron chi connectivity index (χ0n) is 16.1. The molecule has 2 aromatic rings. The highest BCUT2D eigenvalue weighted by Gasteiger charge is 2.23.